The lowest BCUT2D eigenvalue weighted by Crippen LogP contribution is -2.36. The van der Waals surface area contributed by atoms with Gasteiger partial charge < -0.3 is 19.0 Å². The zero-order valence-corrected chi connectivity index (χ0v) is 18.6. The Labute approximate surface area is 186 Å². The Morgan fingerprint density at radius 1 is 1.29 bits per heavy atom. The summed E-state index contributed by atoms with van der Waals surface area (Å²) in [7, 11) is 1.34. The molecule has 8 nitrogen and oxygen atoms in total. The van der Waals surface area contributed by atoms with E-state index in [-0.39, 0.29) is 64.5 Å². The van der Waals surface area contributed by atoms with E-state index in [0.717, 1.165) is 39.3 Å². The van der Waals surface area contributed by atoms with Crippen LogP contribution in [0.5, 0.6) is 11.5 Å². The molecule has 0 atom stereocenters. The van der Waals surface area contributed by atoms with Gasteiger partial charge in [-0.05, 0) is 32.4 Å². The van der Waals surface area contributed by atoms with Gasteiger partial charge >= 0.3 is 0 Å². The SMILES string of the molecule is COc1cc2c(=O)c(CCC(=O)CCCN3CCOCC3)c(C)oc2c(C=O)c1O.Cl. The topological polar surface area (TPSA) is 106 Å². The van der Waals surface area contributed by atoms with Gasteiger partial charge in [0.15, 0.2) is 28.8 Å². The van der Waals surface area contributed by atoms with E-state index in [0.29, 0.717) is 24.0 Å². The first-order valence-electron chi connectivity index (χ1n) is 10.1. The minimum Gasteiger partial charge on any atom is -0.504 e. The number of ketones is 1. The number of aldehydes is 1. The van der Waals surface area contributed by atoms with Crippen molar-refractivity contribution in [2.75, 3.05) is 40.0 Å². The van der Waals surface area contributed by atoms with Gasteiger partial charge in [0.05, 0.1) is 25.7 Å². The zero-order valence-electron chi connectivity index (χ0n) is 17.8. The number of morpholine rings is 1. The van der Waals surface area contributed by atoms with Crippen LogP contribution in [0.3, 0.4) is 0 Å². The van der Waals surface area contributed by atoms with E-state index in [1.165, 1.54) is 13.2 Å². The maximum atomic E-state index is 13.0. The van der Waals surface area contributed by atoms with Crippen molar-refractivity contribution in [3.63, 3.8) is 0 Å². The molecule has 1 aromatic heterocycles. The van der Waals surface area contributed by atoms with Gasteiger partial charge in [0.25, 0.3) is 0 Å². The van der Waals surface area contributed by atoms with Crippen molar-refractivity contribution in [1.29, 1.82) is 0 Å². The molecule has 31 heavy (non-hydrogen) atoms. The molecule has 3 rings (SSSR count). The average Bonchev–Trinajstić information content (AvgIpc) is 2.74. The number of hydrogen-bond donors (Lipinski definition) is 1. The zero-order chi connectivity index (χ0) is 21.7. The number of nitrogens with zero attached hydrogens (tertiary/aromatic N) is 1. The first kappa shape index (κ1) is 24.8. The number of rotatable bonds is 9. The third-order valence-electron chi connectivity index (χ3n) is 5.48. The second kappa shape index (κ2) is 11.3. The summed E-state index contributed by atoms with van der Waals surface area (Å²) in [6.45, 7) is 5.75. The third kappa shape index (κ3) is 5.64. The molecule has 9 heteroatoms. The second-order valence-corrected chi connectivity index (χ2v) is 7.40. The minimum absolute atomic E-state index is 0. The minimum atomic E-state index is -0.370. The molecule has 1 fully saturated rings. The molecule has 2 heterocycles. The Morgan fingerprint density at radius 2 is 2.00 bits per heavy atom. The number of phenolic OH excluding ortho intramolecular Hbond substituents is 1. The van der Waals surface area contributed by atoms with E-state index < -0.39 is 0 Å². The van der Waals surface area contributed by atoms with Crippen LogP contribution in [0.4, 0.5) is 0 Å². The molecule has 1 aromatic carbocycles. The Kier molecular flexibility index (Phi) is 9.03. The van der Waals surface area contributed by atoms with Gasteiger partial charge in [-0.3, -0.25) is 19.3 Å². The molecule has 0 aliphatic carbocycles. The predicted octanol–water partition coefficient (Wildman–Crippen LogP) is 2.66. The number of Topliss-reactive ketones (excluding diaryl/α,β-unsaturated/α-hetero) is 1. The second-order valence-electron chi connectivity index (χ2n) is 7.40. The summed E-state index contributed by atoms with van der Waals surface area (Å²) >= 11 is 0. The van der Waals surface area contributed by atoms with Crippen LogP contribution in [-0.2, 0) is 16.0 Å². The number of carbonyl (C=O) groups excluding carboxylic acids is 2. The van der Waals surface area contributed by atoms with Crippen LogP contribution >= 0.6 is 12.4 Å². The number of fused-ring (bicyclic) bond motifs is 1. The number of carbonyl (C=O) groups is 2. The first-order valence-corrected chi connectivity index (χ1v) is 10.1. The normalized spacial score (nSPS) is 14.3. The van der Waals surface area contributed by atoms with Gasteiger partial charge in [0, 0.05) is 31.5 Å². The van der Waals surface area contributed by atoms with Gasteiger partial charge in [-0.1, -0.05) is 0 Å². The van der Waals surface area contributed by atoms with Gasteiger partial charge in [0.1, 0.15) is 17.1 Å². The smallest absolute Gasteiger partial charge is 0.196 e. The maximum absolute atomic E-state index is 13.0. The summed E-state index contributed by atoms with van der Waals surface area (Å²) in [4.78, 5) is 39.0. The standard InChI is InChI=1S/C22H27NO7.ClH/c1-14-16(6-5-15(25)4-3-7-23-8-10-29-11-9-23)20(26)17-12-19(28-2)21(27)18(13-24)22(17)30-14;/h12-13,27H,3-11H2,1-2H3;1H. The van der Waals surface area contributed by atoms with E-state index in [1.54, 1.807) is 6.92 Å². The van der Waals surface area contributed by atoms with Crippen LogP contribution < -0.4 is 10.2 Å². The number of aromatic hydroxyl groups is 1. The number of ether oxygens (including phenoxy) is 2. The maximum Gasteiger partial charge on any atom is 0.196 e. The number of hydrogen-bond acceptors (Lipinski definition) is 8. The van der Waals surface area contributed by atoms with Crippen molar-refractivity contribution in [1.82, 2.24) is 4.90 Å². The van der Waals surface area contributed by atoms with Crippen LogP contribution in [0.25, 0.3) is 11.0 Å². The van der Waals surface area contributed by atoms with E-state index in [4.69, 9.17) is 13.9 Å². The molecule has 1 aliphatic heterocycles. The summed E-state index contributed by atoms with van der Waals surface area (Å²) in [5.41, 5.74) is -0.0356. The lowest BCUT2D eigenvalue weighted by molar-refractivity contribution is -0.119. The lowest BCUT2D eigenvalue weighted by Gasteiger charge is -2.26. The molecular weight excluding hydrogens is 426 g/mol. The van der Waals surface area contributed by atoms with Crippen LogP contribution in [0.2, 0.25) is 0 Å². The predicted molar refractivity (Wildman–Crippen MR) is 118 cm³/mol. The Bertz CT molecular complexity index is 996. The van der Waals surface area contributed by atoms with E-state index >= 15 is 0 Å². The highest BCUT2D eigenvalue weighted by molar-refractivity contribution is 5.99. The highest BCUT2D eigenvalue weighted by Crippen LogP contribution is 2.35. The molecule has 0 unspecified atom stereocenters. The van der Waals surface area contributed by atoms with Crippen molar-refractivity contribution < 1.29 is 28.6 Å². The van der Waals surface area contributed by atoms with Crippen molar-refractivity contribution in [2.45, 2.75) is 32.6 Å². The fourth-order valence-electron chi connectivity index (χ4n) is 3.73. The fraction of sp³-hybridized carbons (Fsp3) is 0.500. The summed E-state index contributed by atoms with van der Waals surface area (Å²) in [6, 6.07) is 1.36. The molecule has 1 aliphatic rings. The van der Waals surface area contributed by atoms with Gasteiger partial charge in [-0.2, -0.15) is 0 Å². The Hall–Kier alpha value is -2.42. The van der Waals surface area contributed by atoms with E-state index in [1.807, 2.05) is 0 Å². The number of methoxy groups -OCH3 is 1. The van der Waals surface area contributed by atoms with Crippen LogP contribution in [0, 0.1) is 6.92 Å². The number of phenols is 1. The van der Waals surface area contributed by atoms with Gasteiger partial charge in [-0.25, -0.2) is 0 Å². The average molecular weight is 454 g/mol. The summed E-state index contributed by atoms with van der Waals surface area (Å²) < 4.78 is 16.1. The van der Waals surface area contributed by atoms with Crippen LogP contribution in [-0.4, -0.2) is 62.0 Å². The van der Waals surface area contributed by atoms with Crippen molar-refractivity contribution in [3.8, 4) is 11.5 Å². The van der Waals surface area contributed by atoms with Crippen molar-refractivity contribution >= 4 is 35.4 Å². The molecule has 170 valence electrons. The Balaban J connectivity index is 0.00000341. The lowest BCUT2D eigenvalue weighted by atomic mass is 10.0. The fourth-order valence-corrected chi connectivity index (χ4v) is 3.73. The Morgan fingerprint density at radius 3 is 2.65 bits per heavy atom. The van der Waals surface area contributed by atoms with Crippen molar-refractivity contribution in [3.05, 3.63) is 33.2 Å². The number of aryl methyl sites for hydroxylation is 1. The quantitative estimate of drug-likeness (QED) is 0.577. The van der Waals surface area contributed by atoms with Crippen molar-refractivity contribution in [2.24, 2.45) is 0 Å². The van der Waals surface area contributed by atoms with Gasteiger partial charge in [-0.15, -0.1) is 12.4 Å². The van der Waals surface area contributed by atoms with E-state index in [9.17, 15) is 19.5 Å². The monoisotopic (exact) mass is 453 g/mol. The molecule has 1 saturated heterocycles. The molecular formula is C22H28ClNO7. The van der Waals surface area contributed by atoms with Gasteiger partial charge in [0.2, 0.25) is 0 Å². The molecule has 1 N–H and O–H groups in total. The molecule has 0 bridgehead atoms. The molecule has 0 radical (unpaired) electrons. The van der Waals surface area contributed by atoms with Crippen LogP contribution in [0.1, 0.15) is 40.9 Å². The highest BCUT2D eigenvalue weighted by atomic mass is 35.5. The molecule has 2 aromatic rings. The molecule has 0 saturated carbocycles. The summed E-state index contributed by atoms with van der Waals surface area (Å²) in [5.74, 6) is 0.0805. The summed E-state index contributed by atoms with van der Waals surface area (Å²) in [5, 5.41) is 10.3. The molecule has 0 amide bonds. The van der Waals surface area contributed by atoms with E-state index in [2.05, 4.69) is 4.90 Å². The number of benzene rings is 1. The highest BCUT2D eigenvalue weighted by Gasteiger charge is 2.20. The van der Waals surface area contributed by atoms with Crippen LogP contribution in [0.15, 0.2) is 15.3 Å². The molecule has 0 spiro atoms. The largest absolute Gasteiger partial charge is 0.504 e. The number of halogens is 1. The summed E-state index contributed by atoms with van der Waals surface area (Å²) in [6.07, 6.45) is 2.19. The third-order valence-corrected chi connectivity index (χ3v) is 5.48. The first-order chi connectivity index (χ1) is 14.5.